The Hall–Kier alpha value is -0.750. The number of rotatable bonds is 7. The first-order valence-electron chi connectivity index (χ1n) is 5.40. The van der Waals surface area contributed by atoms with Crippen LogP contribution in [0.4, 0.5) is 0 Å². The molecule has 5 nitrogen and oxygen atoms in total. The van der Waals surface area contributed by atoms with E-state index in [9.17, 15) is 4.79 Å². The third-order valence-corrected chi connectivity index (χ3v) is 2.67. The Labute approximate surface area is 101 Å². The number of hydrogen-bond donors (Lipinski definition) is 3. The fourth-order valence-corrected chi connectivity index (χ4v) is 1.82. The highest BCUT2D eigenvalue weighted by atomic mass is 32.2. The number of aliphatic carboxylic acids is 1. The molecule has 0 rings (SSSR count). The van der Waals surface area contributed by atoms with E-state index < -0.39 is 12.0 Å². The Morgan fingerprint density at radius 3 is 2.50 bits per heavy atom. The first-order chi connectivity index (χ1) is 7.47. The Morgan fingerprint density at radius 1 is 1.44 bits per heavy atom. The molecule has 0 aliphatic rings. The van der Waals surface area contributed by atoms with Crippen LogP contribution in [0.5, 0.6) is 0 Å². The molecule has 0 bridgehead atoms. The van der Waals surface area contributed by atoms with E-state index in [0.717, 1.165) is 12.8 Å². The molecule has 0 fully saturated rings. The van der Waals surface area contributed by atoms with Crippen molar-refractivity contribution in [3.8, 4) is 0 Å². The zero-order chi connectivity index (χ0) is 12.6. The maximum Gasteiger partial charge on any atom is 0.328 e. The van der Waals surface area contributed by atoms with Gasteiger partial charge in [0.2, 0.25) is 0 Å². The number of amidine groups is 1. The number of thioether (sulfide) groups is 1. The molecular weight excluding hydrogens is 226 g/mol. The van der Waals surface area contributed by atoms with Crippen molar-refractivity contribution in [1.29, 1.82) is 0 Å². The molecule has 0 aliphatic heterocycles. The third kappa shape index (κ3) is 7.53. The first kappa shape index (κ1) is 15.2. The van der Waals surface area contributed by atoms with Crippen molar-refractivity contribution >= 4 is 22.9 Å². The predicted octanol–water partition coefficient (Wildman–Crippen LogP) is 1.02. The van der Waals surface area contributed by atoms with Crippen molar-refractivity contribution in [2.75, 3.05) is 6.54 Å². The molecular formula is C10H21N3O2S. The van der Waals surface area contributed by atoms with Crippen LogP contribution in [0.1, 0.15) is 33.1 Å². The highest BCUT2D eigenvalue weighted by Crippen LogP contribution is 2.12. The molecule has 16 heavy (non-hydrogen) atoms. The van der Waals surface area contributed by atoms with E-state index in [1.165, 1.54) is 11.8 Å². The van der Waals surface area contributed by atoms with E-state index in [1.807, 2.05) is 13.8 Å². The van der Waals surface area contributed by atoms with Gasteiger partial charge in [-0.1, -0.05) is 25.6 Å². The number of hydrogen-bond acceptors (Lipinski definition) is 4. The summed E-state index contributed by atoms with van der Waals surface area (Å²) in [6.45, 7) is 4.54. The highest BCUT2D eigenvalue weighted by molar-refractivity contribution is 8.14. The van der Waals surface area contributed by atoms with Gasteiger partial charge in [0.15, 0.2) is 5.17 Å². The second kappa shape index (κ2) is 8.41. The van der Waals surface area contributed by atoms with E-state index >= 15 is 0 Å². The van der Waals surface area contributed by atoms with Crippen molar-refractivity contribution in [1.82, 2.24) is 0 Å². The normalized spacial score (nSPS) is 14.1. The fraction of sp³-hybridized carbons (Fsp3) is 0.800. The lowest BCUT2D eigenvalue weighted by Gasteiger charge is -2.09. The third-order valence-electron chi connectivity index (χ3n) is 1.86. The van der Waals surface area contributed by atoms with Crippen LogP contribution in [-0.2, 0) is 4.79 Å². The van der Waals surface area contributed by atoms with Crippen molar-refractivity contribution < 1.29 is 9.90 Å². The van der Waals surface area contributed by atoms with Gasteiger partial charge in [0.05, 0.1) is 0 Å². The molecule has 0 saturated heterocycles. The fourth-order valence-electron chi connectivity index (χ4n) is 1.15. The van der Waals surface area contributed by atoms with Gasteiger partial charge in [0.1, 0.15) is 6.04 Å². The minimum atomic E-state index is -0.927. The highest BCUT2D eigenvalue weighted by Gasteiger charge is 2.16. The SMILES string of the molecule is CC(C)SC(N)=N[C@H](CCCCN)C(=O)O. The van der Waals surface area contributed by atoms with Gasteiger partial charge in [0.25, 0.3) is 0 Å². The van der Waals surface area contributed by atoms with E-state index in [4.69, 9.17) is 16.6 Å². The maximum atomic E-state index is 10.9. The topological polar surface area (TPSA) is 102 Å². The van der Waals surface area contributed by atoms with Crippen LogP contribution in [0.15, 0.2) is 4.99 Å². The van der Waals surface area contributed by atoms with Crippen LogP contribution in [0.25, 0.3) is 0 Å². The molecule has 0 radical (unpaired) electrons. The van der Waals surface area contributed by atoms with Crippen LogP contribution >= 0.6 is 11.8 Å². The van der Waals surface area contributed by atoms with Crippen LogP contribution in [0.2, 0.25) is 0 Å². The van der Waals surface area contributed by atoms with E-state index in [-0.39, 0.29) is 0 Å². The number of nitrogens with zero attached hydrogens (tertiary/aromatic N) is 1. The summed E-state index contributed by atoms with van der Waals surface area (Å²) in [6.07, 6.45) is 2.07. The molecule has 94 valence electrons. The molecule has 0 spiro atoms. The molecule has 0 aromatic rings. The van der Waals surface area contributed by atoms with Gasteiger partial charge < -0.3 is 16.6 Å². The van der Waals surface area contributed by atoms with Gasteiger partial charge in [0, 0.05) is 5.25 Å². The largest absolute Gasteiger partial charge is 0.480 e. The summed E-state index contributed by atoms with van der Waals surface area (Å²) < 4.78 is 0. The summed E-state index contributed by atoms with van der Waals surface area (Å²) in [7, 11) is 0. The van der Waals surface area contributed by atoms with E-state index in [1.54, 1.807) is 0 Å². The van der Waals surface area contributed by atoms with Gasteiger partial charge in [-0.25, -0.2) is 9.79 Å². The molecule has 5 N–H and O–H groups in total. The molecule has 0 aliphatic carbocycles. The van der Waals surface area contributed by atoms with Crippen molar-refractivity contribution in [3.63, 3.8) is 0 Å². The quantitative estimate of drug-likeness (QED) is 0.354. The number of aliphatic imine (C=N–C) groups is 1. The second-order valence-corrected chi connectivity index (χ2v) is 5.37. The Morgan fingerprint density at radius 2 is 2.06 bits per heavy atom. The molecule has 0 heterocycles. The monoisotopic (exact) mass is 247 g/mol. The summed E-state index contributed by atoms with van der Waals surface area (Å²) in [5, 5.41) is 9.60. The second-order valence-electron chi connectivity index (χ2n) is 3.77. The van der Waals surface area contributed by atoms with Crippen molar-refractivity contribution in [3.05, 3.63) is 0 Å². The Bertz CT molecular complexity index is 244. The molecule has 6 heteroatoms. The standard InChI is InChI=1S/C10H21N3O2S/c1-7(2)16-10(12)13-8(9(14)15)5-3-4-6-11/h7-8H,3-6,11H2,1-2H3,(H2,12,13)(H,14,15)/t8-/m1/s1. The van der Waals surface area contributed by atoms with Crippen LogP contribution < -0.4 is 11.5 Å². The molecule has 0 aromatic carbocycles. The summed E-state index contributed by atoms with van der Waals surface area (Å²) in [4.78, 5) is 14.9. The molecule has 0 amide bonds. The van der Waals surface area contributed by atoms with Gasteiger partial charge >= 0.3 is 5.97 Å². The minimum absolute atomic E-state index is 0.308. The number of unbranched alkanes of at least 4 members (excludes halogenated alkanes) is 1. The first-order valence-corrected chi connectivity index (χ1v) is 6.28. The zero-order valence-electron chi connectivity index (χ0n) is 9.85. The summed E-state index contributed by atoms with van der Waals surface area (Å²) >= 11 is 1.38. The lowest BCUT2D eigenvalue weighted by Crippen LogP contribution is -2.22. The van der Waals surface area contributed by atoms with Crippen LogP contribution in [0, 0.1) is 0 Å². The van der Waals surface area contributed by atoms with Crippen LogP contribution in [-0.4, -0.2) is 34.1 Å². The molecule has 0 unspecified atom stereocenters. The number of carboxylic acids is 1. The van der Waals surface area contributed by atoms with Gasteiger partial charge in [-0.05, 0) is 25.8 Å². The summed E-state index contributed by atoms with van der Waals surface area (Å²) in [6, 6.07) is -0.738. The number of carbonyl (C=O) groups is 1. The van der Waals surface area contributed by atoms with E-state index in [0.29, 0.717) is 23.4 Å². The summed E-state index contributed by atoms with van der Waals surface area (Å²) in [5.41, 5.74) is 11.0. The van der Waals surface area contributed by atoms with E-state index in [2.05, 4.69) is 4.99 Å². The summed E-state index contributed by atoms with van der Waals surface area (Å²) in [5.74, 6) is -0.927. The van der Waals surface area contributed by atoms with Crippen molar-refractivity contribution in [2.24, 2.45) is 16.5 Å². The number of nitrogens with two attached hydrogens (primary N) is 2. The Kier molecular flexibility index (Phi) is 8.01. The number of carboxylic acid groups (broad SMARTS) is 1. The molecule has 0 aromatic heterocycles. The lowest BCUT2D eigenvalue weighted by molar-refractivity contribution is -0.138. The maximum absolute atomic E-state index is 10.9. The predicted molar refractivity (Wildman–Crippen MR) is 68.7 cm³/mol. The van der Waals surface area contributed by atoms with Gasteiger partial charge in [-0.15, -0.1) is 0 Å². The van der Waals surface area contributed by atoms with Crippen LogP contribution in [0.3, 0.4) is 0 Å². The smallest absolute Gasteiger partial charge is 0.328 e. The van der Waals surface area contributed by atoms with Gasteiger partial charge in [-0.2, -0.15) is 0 Å². The zero-order valence-corrected chi connectivity index (χ0v) is 10.7. The van der Waals surface area contributed by atoms with Crippen molar-refractivity contribution in [2.45, 2.75) is 44.4 Å². The van der Waals surface area contributed by atoms with Gasteiger partial charge in [-0.3, -0.25) is 0 Å². The average Bonchev–Trinajstić information content (AvgIpc) is 2.15. The molecule has 1 atom stereocenters. The average molecular weight is 247 g/mol. The minimum Gasteiger partial charge on any atom is -0.480 e. The molecule has 0 saturated carbocycles. The Balaban J connectivity index is 4.25. The lowest BCUT2D eigenvalue weighted by atomic mass is 10.1.